The van der Waals surface area contributed by atoms with Gasteiger partial charge in [0.05, 0.1) is 11.7 Å². The lowest BCUT2D eigenvalue weighted by Gasteiger charge is -2.46. The summed E-state index contributed by atoms with van der Waals surface area (Å²) in [6.45, 7) is 4.29. The van der Waals surface area contributed by atoms with Crippen LogP contribution < -0.4 is 19.1 Å². The fourth-order valence-corrected chi connectivity index (χ4v) is 6.16. The Balaban J connectivity index is 1.27. The summed E-state index contributed by atoms with van der Waals surface area (Å²) in [6.07, 6.45) is 4.77. The van der Waals surface area contributed by atoms with Crippen molar-refractivity contribution in [1.82, 2.24) is 4.90 Å². The zero-order valence-electron chi connectivity index (χ0n) is 19.5. The summed E-state index contributed by atoms with van der Waals surface area (Å²) in [5, 5.41) is 0. The van der Waals surface area contributed by atoms with Crippen molar-refractivity contribution < 1.29 is 23.8 Å². The van der Waals surface area contributed by atoms with Crippen molar-refractivity contribution in [2.45, 2.75) is 50.5 Å². The molecule has 6 rings (SSSR count). The normalized spacial score (nSPS) is 22.3. The van der Waals surface area contributed by atoms with Gasteiger partial charge in [0, 0.05) is 24.9 Å². The van der Waals surface area contributed by atoms with Gasteiger partial charge in [0.2, 0.25) is 5.91 Å². The van der Waals surface area contributed by atoms with Gasteiger partial charge in [-0.25, -0.2) is 0 Å². The number of carbonyl (C=O) groups excluding carboxylic acids is 2. The van der Waals surface area contributed by atoms with Crippen LogP contribution in [-0.2, 0) is 15.0 Å². The molecule has 0 aromatic heterocycles. The lowest BCUT2D eigenvalue weighted by molar-refractivity contribution is -0.135. The van der Waals surface area contributed by atoms with Crippen molar-refractivity contribution in [2.75, 3.05) is 37.8 Å². The minimum absolute atomic E-state index is 0.00892. The zero-order valence-corrected chi connectivity index (χ0v) is 19.5. The first-order chi connectivity index (χ1) is 16.6. The highest BCUT2D eigenvalue weighted by Gasteiger charge is 2.46. The Morgan fingerprint density at radius 1 is 1.03 bits per heavy atom. The molecular weight excluding hydrogens is 432 g/mol. The molecule has 2 aromatic rings. The van der Waals surface area contributed by atoms with Gasteiger partial charge in [0.15, 0.2) is 18.1 Å². The van der Waals surface area contributed by atoms with Gasteiger partial charge in [-0.3, -0.25) is 9.59 Å². The van der Waals surface area contributed by atoms with Crippen molar-refractivity contribution in [2.24, 2.45) is 0 Å². The molecule has 4 aliphatic rings. The third-order valence-corrected chi connectivity index (χ3v) is 7.91. The highest BCUT2D eigenvalue weighted by atomic mass is 16.6. The van der Waals surface area contributed by atoms with Crippen LogP contribution >= 0.6 is 0 Å². The molecule has 7 nitrogen and oxygen atoms in total. The van der Waals surface area contributed by atoms with E-state index in [-0.39, 0.29) is 36.3 Å². The Hall–Kier alpha value is -3.22. The van der Waals surface area contributed by atoms with E-state index in [4.69, 9.17) is 14.2 Å². The second-order valence-electron chi connectivity index (χ2n) is 9.82. The Bertz CT molecular complexity index is 1140. The Kier molecular flexibility index (Phi) is 5.15. The Labute approximate surface area is 199 Å². The number of fused-ring (bicyclic) bond motifs is 4. The average molecular weight is 463 g/mol. The average Bonchev–Trinajstić information content (AvgIpc) is 3.34. The molecule has 0 radical (unpaired) electrons. The van der Waals surface area contributed by atoms with Gasteiger partial charge in [0.1, 0.15) is 19.0 Å². The SMILES string of the molecule is CC1c2cc3c(cc2C2(CCCC2)CN1C(=O)CCN1C(=O)COc2ccccc21)OCCO3. The highest BCUT2D eigenvalue weighted by Crippen LogP contribution is 2.52. The van der Waals surface area contributed by atoms with Crippen LogP contribution in [0.2, 0.25) is 0 Å². The number of ether oxygens (including phenoxy) is 3. The fraction of sp³-hybridized carbons (Fsp3) is 0.481. The van der Waals surface area contributed by atoms with Crippen molar-refractivity contribution in [3.63, 3.8) is 0 Å². The van der Waals surface area contributed by atoms with E-state index >= 15 is 0 Å². The minimum atomic E-state index is -0.112. The number of carbonyl (C=O) groups is 2. The van der Waals surface area contributed by atoms with Crippen LogP contribution in [0.4, 0.5) is 5.69 Å². The molecule has 1 unspecified atom stereocenters. The van der Waals surface area contributed by atoms with Gasteiger partial charge in [0.25, 0.3) is 5.91 Å². The molecule has 0 bridgehead atoms. The minimum Gasteiger partial charge on any atom is -0.486 e. The maximum absolute atomic E-state index is 13.6. The van der Waals surface area contributed by atoms with Crippen LogP contribution in [0.25, 0.3) is 0 Å². The van der Waals surface area contributed by atoms with Crippen LogP contribution in [0.5, 0.6) is 17.2 Å². The number of amides is 2. The molecule has 2 amide bonds. The van der Waals surface area contributed by atoms with Crippen LogP contribution in [0.3, 0.4) is 0 Å². The van der Waals surface area contributed by atoms with Crippen molar-refractivity contribution in [3.05, 3.63) is 47.5 Å². The molecule has 178 valence electrons. The number of para-hydroxylation sites is 2. The van der Waals surface area contributed by atoms with E-state index in [0.717, 1.165) is 30.0 Å². The number of nitrogens with zero attached hydrogens (tertiary/aromatic N) is 2. The lowest BCUT2D eigenvalue weighted by Crippen LogP contribution is -2.49. The molecule has 7 heteroatoms. The third kappa shape index (κ3) is 3.40. The van der Waals surface area contributed by atoms with Gasteiger partial charge < -0.3 is 24.0 Å². The molecule has 3 heterocycles. The summed E-state index contributed by atoms with van der Waals surface area (Å²) in [4.78, 5) is 29.9. The van der Waals surface area contributed by atoms with E-state index < -0.39 is 0 Å². The maximum Gasteiger partial charge on any atom is 0.265 e. The molecule has 1 atom stereocenters. The smallest absolute Gasteiger partial charge is 0.265 e. The standard InChI is InChI=1S/C27H30N2O5/c1-18-19-14-23-24(33-13-12-32-23)15-20(19)27(9-4-5-10-27)17-29(18)25(30)8-11-28-21-6-2-3-7-22(21)34-16-26(28)31/h2-3,6-7,14-15,18H,4-5,8-13,16-17H2,1H3. The summed E-state index contributed by atoms with van der Waals surface area (Å²) in [6, 6.07) is 11.7. The van der Waals surface area contributed by atoms with Gasteiger partial charge >= 0.3 is 0 Å². The Morgan fingerprint density at radius 3 is 2.56 bits per heavy atom. The van der Waals surface area contributed by atoms with E-state index in [1.165, 1.54) is 24.0 Å². The van der Waals surface area contributed by atoms with Gasteiger partial charge in [-0.1, -0.05) is 25.0 Å². The topological polar surface area (TPSA) is 68.3 Å². The summed E-state index contributed by atoms with van der Waals surface area (Å²) in [7, 11) is 0. The highest BCUT2D eigenvalue weighted by molar-refractivity contribution is 5.98. The number of hydrogen-bond acceptors (Lipinski definition) is 5. The van der Waals surface area contributed by atoms with Gasteiger partial charge in [-0.15, -0.1) is 0 Å². The van der Waals surface area contributed by atoms with Crippen LogP contribution in [-0.4, -0.2) is 49.6 Å². The fourth-order valence-electron chi connectivity index (χ4n) is 6.16. The monoisotopic (exact) mass is 462 g/mol. The maximum atomic E-state index is 13.6. The van der Waals surface area contributed by atoms with Crippen molar-refractivity contribution in [3.8, 4) is 17.2 Å². The second-order valence-corrected chi connectivity index (χ2v) is 9.82. The largest absolute Gasteiger partial charge is 0.486 e. The van der Waals surface area contributed by atoms with Crippen LogP contribution in [0.1, 0.15) is 56.2 Å². The Morgan fingerprint density at radius 2 is 1.76 bits per heavy atom. The zero-order chi connectivity index (χ0) is 23.3. The molecule has 1 saturated carbocycles. The lowest BCUT2D eigenvalue weighted by atomic mass is 9.71. The summed E-state index contributed by atoms with van der Waals surface area (Å²) in [5.41, 5.74) is 3.19. The molecular formula is C27H30N2O5. The second kappa shape index (κ2) is 8.22. The molecule has 1 aliphatic carbocycles. The first-order valence-electron chi connectivity index (χ1n) is 12.3. The van der Waals surface area contributed by atoms with Crippen LogP contribution in [0.15, 0.2) is 36.4 Å². The van der Waals surface area contributed by atoms with E-state index in [2.05, 4.69) is 19.1 Å². The van der Waals surface area contributed by atoms with E-state index in [1.807, 2.05) is 29.2 Å². The number of hydrogen-bond donors (Lipinski definition) is 0. The van der Waals surface area contributed by atoms with E-state index in [0.29, 0.717) is 32.1 Å². The molecule has 1 spiro atoms. The first kappa shape index (κ1) is 21.3. The van der Waals surface area contributed by atoms with E-state index in [1.54, 1.807) is 4.90 Å². The first-order valence-corrected chi connectivity index (χ1v) is 12.3. The third-order valence-electron chi connectivity index (χ3n) is 7.91. The van der Waals surface area contributed by atoms with Gasteiger partial charge in [-0.05, 0) is 55.2 Å². The predicted octanol–water partition coefficient (Wildman–Crippen LogP) is 3.99. The quantitative estimate of drug-likeness (QED) is 0.690. The molecule has 34 heavy (non-hydrogen) atoms. The van der Waals surface area contributed by atoms with Crippen molar-refractivity contribution >= 4 is 17.5 Å². The summed E-state index contributed by atoms with van der Waals surface area (Å²) >= 11 is 0. The summed E-state index contributed by atoms with van der Waals surface area (Å²) < 4.78 is 17.3. The number of anilines is 1. The molecule has 3 aliphatic heterocycles. The molecule has 0 saturated heterocycles. The summed E-state index contributed by atoms with van der Waals surface area (Å²) in [5.74, 6) is 2.25. The molecule has 2 aromatic carbocycles. The van der Waals surface area contributed by atoms with E-state index in [9.17, 15) is 9.59 Å². The molecule has 0 N–H and O–H groups in total. The van der Waals surface area contributed by atoms with Gasteiger partial charge in [-0.2, -0.15) is 0 Å². The van der Waals surface area contributed by atoms with Crippen LogP contribution in [0, 0.1) is 0 Å². The molecule has 1 fully saturated rings. The van der Waals surface area contributed by atoms with Crippen molar-refractivity contribution in [1.29, 1.82) is 0 Å². The number of benzene rings is 2. The predicted molar refractivity (Wildman–Crippen MR) is 127 cm³/mol. The number of rotatable bonds is 3.